The van der Waals surface area contributed by atoms with Gasteiger partial charge in [0.1, 0.15) is 11.5 Å². The standard InChI is InChI=1S/C12H16N4O2/c13-11-4-14-3-9(15-11)12(18)16-5-7-1-2-10(17)8(7)6-16/h3-4,7-8,10,17H,1-2,5-6H2,(H2,13,15). The van der Waals surface area contributed by atoms with Crippen molar-refractivity contribution in [3.63, 3.8) is 0 Å². The quantitative estimate of drug-likeness (QED) is 0.724. The van der Waals surface area contributed by atoms with Crippen molar-refractivity contribution in [1.82, 2.24) is 14.9 Å². The molecule has 1 aromatic rings. The van der Waals surface area contributed by atoms with E-state index in [-0.39, 0.29) is 29.4 Å². The highest BCUT2D eigenvalue weighted by Crippen LogP contribution is 2.38. The molecule has 6 nitrogen and oxygen atoms in total. The summed E-state index contributed by atoms with van der Waals surface area (Å²) in [4.78, 5) is 21.8. The van der Waals surface area contributed by atoms with Gasteiger partial charge in [-0.15, -0.1) is 0 Å². The fourth-order valence-corrected chi connectivity index (χ4v) is 3.05. The molecule has 1 saturated heterocycles. The topological polar surface area (TPSA) is 92.3 Å². The van der Waals surface area contributed by atoms with Gasteiger partial charge in [-0.2, -0.15) is 0 Å². The van der Waals surface area contributed by atoms with Crippen LogP contribution in [0.1, 0.15) is 23.3 Å². The predicted molar refractivity (Wildman–Crippen MR) is 64.6 cm³/mol. The van der Waals surface area contributed by atoms with Crippen LogP contribution >= 0.6 is 0 Å². The van der Waals surface area contributed by atoms with Crippen LogP contribution in [0.15, 0.2) is 12.4 Å². The van der Waals surface area contributed by atoms with Gasteiger partial charge in [0.2, 0.25) is 0 Å². The number of anilines is 1. The number of hydrogen-bond donors (Lipinski definition) is 2. The Kier molecular flexibility index (Phi) is 2.66. The van der Waals surface area contributed by atoms with Gasteiger partial charge in [0.25, 0.3) is 5.91 Å². The molecule has 96 valence electrons. The summed E-state index contributed by atoms with van der Waals surface area (Å²) in [5, 5.41) is 9.83. The van der Waals surface area contributed by atoms with Gasteiger partial charge < -0.3 is 15.7 Å². The van der Waals surface area contributed by atoms with Gasteiger partial charge in [-0.05, 0) is 18.8 Å². The molecule has 1 aromatic heterocycles. The van der Waals surface area contributed by atoms with Crippen molar-refractivity contribution < 1.29 is 9.90 Å². The van der Waals surface area contributed by atoms with Crippen LogP contribution < -0.4 is 5.73 Å². The Balaban J connectivity index is 1.75. The third-order valence-electron chi connectivity index (χ3n) is 3.98. The number of aliphatic hydroxyl groups is 1. The van der Waals surface area contributed by atoms with Crippen LogP contribution in [0.3, 0.4) is 0 Å². The van der Waals surface area contributed by atoms with Crippen molar-refractivity contribution >= 4 is 11.7 Å². The molecular weight excluding hydrogens is 232 g/mol. The van der Waals surface area contributed by atoms with Gasteiger partial charge in [0.05, 0.1) is 18.5 Å². The van der Waals surface area contributed by atoms with E-state index in [2.05, 4.69) is 9.97 Å². The normalized spacial score (nSPS) is 30.5. The molecule has 0 radical (unpaired) electrons. The molecule has 2 aliphatic rings. The van der Waals surface area contributed by atoms with E-state index in [1.54, 1.807) is 4.90 Å². The largest absolute Gasteiger partial charge is 0.393 e. The van der Waals surface area contributed by atoms with Crippen LogP contribution in [0, 0.1) is 11.8 Å². The van der Waals surface area contributed by atoms with E-state index in [9.17, 15) is 9.90 Å². The lowest BCUT2D eigenvalue weighted by molar-refractivity contribution is 0.0746. The first kappa shape index (κ1) is 11.4. The fourth-order valence-electron chi connectivity index (χ4n) is 3.05. The Hall–Kier alpha value is -1.69. The first-order chi connectivity index (χ1) is 8.65. The number of amides is 1. The monoisotopic (exact) mass is 248 g/mol. The van der Waals surface area contributed by atoms with Crippen LogP contribution in [0.2, 0.25) is 0 Å². The third kappa shape index (κ3) is 1.82. The number of nitrogen functional groups attached to an aromatic ring is 1. The van der Waals surface area contributed by atoms with Crippen molar-refractivity contribution in [3.05, 3.63) is 18.1 Å². The van der Waals surface area contributed by atoms with Gasteiger partial charge in [-0.25, -0.2) is 4.98 Å². The lowest BCUT2D eigenvalue weighted by Gasteiger charge is -2.17. The zero-order chi connectivity index (χ0) is 12.7. The second-order valence-electron chi connectivity index (χ2n) is 5.11. The molecule has 2 fully saturated rings. The van der Waals surface area contributed by atoms with Crippen LogP contribution in [-0.2, 0) is 0 Å². The number of carbonyl (C=O) groups excluding carboxylic acids is 1. The highest BCUT2D eigenvalue weighted by Gasteiger charge is 2.43. The molecule has 18 heavy (non-hydrogen) atoms. The average Bonchev–Trinajstić information content (AvgIpc) is 2.91. The smallest absolute Gasteiger partial charge is 0.274 e. The molecule has 3 rings (SSSR count). The number of aromatic nitrogens is 2. The number of hydrogen-bond acceptors (Lipinski definition) is 5. The number of likely N-dealkylation sites (tertiary alicyclic amines) is 1. The van der Waals surface area contributed by atoms with Crippen molar-refractivity contribution in [2.24, 2.45) is 11.8 Å². The lowest BCUT2D eigenvalue weighted by Crippen LogP contribution is -2.31. The maximum Gasteiger partial charge on any atom is 0.274 e. The van der Waals surface area contributed by atoms with Gasteiger partial charge in [0, 0.05) is 19.0 Å². The molecule has 0 spiro atoms. The van der Waals surface area contributed by atoms with E-state index in [0.29, 0.717) is 19.0 Å². The van der Waals surface area contributed by atoms with E-state index in [0.717, 1.165) is 12.8 Å². The number of nitrogens with two attached hydrogens (primary N) is 1. The summed E-state index contributed by atoms with van der Waals surface area (Å²) >= 11 is 0. The molecular formula is C12H16N4O2. The second-order valence-corrected chi connectivity index (χ2v) is 5.11. The summed E-state index contributed by atoms with van der Waals surface area (Å²) in [5.74, 6) is 0.762. The zero-order valence-electron chi connectivity index (χ0n) is 9.99. The molecule has 1 saturated carbocycles. The zero-order valence-corrected chi connectivity index (χ0v) is 9.99. The van der Waals surface area contributed by atoms with Crippen molar-refractivity contribution in [2.75, 3.05) is 18.8 Å². The van der Waals surface area contributed by atoms with Crippen molar-refractivity contribution in [2.45, 2.75) is 18.9 Å². The number of rotatable bonds is 1. The summed E-state index contributed by atoms with van der Waals surface area (Å²) in [6.07, 6.45) is 4.44. The third-order valence-corrected chi connectivity index (χ3v) is 3.98. The Morgan fingerprint density at radius 1 is 1.39 bits per heavy atom. The van der Waals surface area contributed by atoms with E-state index >= 15 is 0 Å². The molecule has 2 heterocycles. The van der Waals surface area contributed by atoms with E-state index in [1.807, 2.05) is 0 Å². The Morgan fingerprint density at radius 3 is 2.94 bits per heavy atom. The Morgan fingerprint density at radius 2 is 2.22 bits per heavy atom. The number of fused-ring (bicyclic) bond motifs is 1. The summed E-state index contributed by atoms with van der Waals surface area (Å²) < 4.78 is 0. The molecule has 6 heteroatoms. The van der Waals surface area contributed by atoms with E-state index < -0.39 is 0 Å². The number of nitrogens with zero attached hydrogens (tertiary/aromatic N) is 3. The summed E-state index contributed by atoms with van der Waals surface area (Å²) in [7, 11) is 0. The molecule has 1 aliphatic heterocycles. The van der Waals surface area contributed by atoms with Crippen molar-refractivity contribution in [3.8, 4) is 0 Å². The van der Waals surface area contributed by atoms with E-state index in [4.69, 9.17) is 5.73 Å². The minimum absolute atomic E-state index is 0.142. The summed E-state index contributed by atoms with van der Waals surface area (Å²) in [6.45, 7) is 1.32. The molecule has 0 aromatic carbocycles. The highest BCUT2D eigenvalue weighted by atomic mass is 16.3. The van der Waals surface area contributed by atoms with Gasteiger partial charge in [0.15, 0.2) is 0 Å². The van der Waals surface area contributed by atoms with E-state index in [1.165, 1.54) is 12.4 Å². The predicted octanol–water partition coefficient (Wildman–Crippen LogP) is -0.0983. The number of carbonyl (C=O) groups is 1. The Bertz CT molecular complexity index is 479. The second kappa shape index (κ2) is 4.20. The molecule has 3 unspecified atom stereocenters. The molecule has 1 aliphatic carbocycles. The Labute approximate surface area is 105 Å². The van der Waals surface area contributed by atoms with Gasteiger partial charge in [-0.1, -0.05) is 0 Å². The SMILES string of the molecule is Nc1cncc(C(=O)N2CC3CCC(O)C3C2)n1. The van der Waals surface area contributed by atoms with Crippen LogP contribution in [0.5, 0.6) is 0 Å². The first-order valence-corrected chi connectivity index (χ1v) is 6.20. The van der Waals surface area contributed by atoms with Gasteiger partial charge >= 0.3 is 0 Å². The van der Waals surface area contributed by atoms with Gasteiger partial charge in [-0.3, -0.25) is 9.78 Å². The van der Waals surface area contributed by atoms with Crippen LogP contribution in [0.4, 0.5) is 5.82 Å². The summed E-state index contributed by atoms with van der Waals surface area (Å²) in [6, 6.07) is 0. The average molecular weight is 248 g/mol. The minimum Gasteiger partial charge on any atom is -0.393 e. The van der Waals surface area contributed by atoms with Crippen molar-refractivity contribution in [1.29, 1.82) is 0 Å². The fraction of sp³-hybridized carbons (Fsp3) is 0.583. The maximum absolute atomic E-state index is 12.2. The minimum atomic E-state index is -0.264. The summed E-state index contributed by atoms with van der Waals surface area (Å²) in [5.41, 5.74) is 5.81. The molecule has 3 atom stereocenters. The number of aliphatic hydroxyl groups excluding tert-OH is 1. The lowest BCUT2D eigenvalue weighted by atomic mass is 10.00. The highest BCUT2D eigenvalue weighted by molar-refractivity contribution is 5.92. The maximum atomic E-state index is 12.2. The first-order valence-electron chi connectivity index (χ1n) is 6.20. The molecule has 0 bridgehead atoms. The molecule has 3 N–H and O–H groups in total. The van der Waals surface area contributed by atoms with Crippen LogP contribution in [-0.4, -0.2) is 45.1 Å². The molecule has 1 amide bonds. The van der Waals surface area contributed by atoms with Crippen LogP contribution in [0.25, 0.3) is 0 Å².